The van der Waals surface area contributed by atoms with Crippen LogP contribution in [0.5, 0.6) is 11.8 Å². The summed E-state index contributed by atoms with van der Waals surface area (Å²) in [4.78, 5) is 21.6. The molecule has 3 heterocycles. The Morgan fingerprint density at radius 2 is 1.43 bits per heavy atom. The minimum absolute atomic E-state index is 0.202. The molecule has 7 nitrogen and oxygen atoms in total. The fraction of sp³-hybridized carbons (Fsp3) is 0.351. The van der Waals surface area contributed by atoms with Gasteiger partial charge in [-0.3, -0.25) is 0 Å². The monoisotopic (exact) mass is 591 g/mol. The molecular formula is C37H41N3O4. The number of ether oxygens (including phenoxy) is 3. The van der Waals surface area contributed by atoms with E-state index >= 15 is 0 Å². The molecule has 2 saturated heterocycles. The van der Waals surface area contributed by atoms with Gasteiger partial charge in [-0.1, -0.05) is 72.8 Å². The van der Waals surface area contributed by atoms with Crippen LogP contribution in [0.1, 0.15) is 44.7 Å². The molecule has 1 aromatic heterocycles. The summed E-state index contributed by atoms with van der Waals surface area (Å²) in [7, 11) is 0. The second-order valence-electron chi connectivity index (χ2n) is 12.9. The zero-order chi connectivity index (χ0) is 30.6. The predicted octanol–water partition coefficient (Wildman–Crippen LogP) is 7.74. The number of aromatic nitrogens is 1. The number of benzene rings is 3. The molecule has 0 unspecified atom stereocenters. The van der Waals surface area contributed by atoms with Crippen molar-refractivity contribution in [3.05, 3.63) is 108 Å². The van der Waals surface area contributed by atoms with Gasteiger partial charge in [0.05, 0.1) is 0 Å². The van der Waals surface area contributed by atoms with Crippen molar-refractivity contribution in [3.8, 4) is 22.9 Å². The van der Waals surface area contributed by atoms with E-state index in [2.05, 4.69) is 29.2 Å². The molecule has 0 radical (unpaired) electrons. The van der Waals surface area contributed by atoms with Crippen LogP contribution < -0.4 is 14.4 Å². The molecule has 3 aromatic carbocycles. The van der Waals surface area contributed by atoms with Gasteiger partial charge in [-0.25, -0.2) is 4.79 Å². The molecule has 1 amide bonds. The number of carbonyl (C=O) groups is 1. The van der Waals surface area contributed by atoms with Crippen molar-refractivity contribution in [3.63, 3.8) is 0 Å². The lowest BCUT2D eigenvalue weighted by Crippen LogP contribution is -2.61. The largest absolute Gasteiger partial charge is 0.473 e. The van der Waals surface area contributed by atoms with Crippen LogP contribution in [0.25, 0.3) is 11.1 Å². The summed E-state index contributed by atoms with van der Waals surface area (Å²) >= 11 is 0. The molecule has 2 fully saturated rings. The van der Waals surface area contributed by atoms with Crippen molar-refractivity contribution in [2.45, 2.75) is 52.4 Å². The quantitative estimate of drug-likeness (QED) is 0.209. The Bertz CT molecular complexity index is 1550. The number of hydrogen-bond donors (Lipinski definition) is 0. The lowest BCUT2D eigenvalue weighted by molar-refractivity contribution is 0.00598. The summed E-state index contributed by atoms with van der Waals surface area (Å²) < 4.78 is 17.9. The third-order valence-electron chi connectivity index (χ3n) is 8.33. The van der Waals surface area contributed by atoms with E-state index in [9.17, 15) is 4.79 Å². The van der Waals surface area contributed by atoms with Crippen molar-refractivity contribution in [2.24, 2.45) is 5.41 Å². The minimum atomic E-state index is -0.470. The smallest absolute Gasteiger partial charge is 0.410 e. The average Bonchev–Trinajstić information content (AvgIpc) is 3.02. The fourth-order valence-electron chi connectivity index (χ4n) is 5.91. The van der Waals surface area contributed by atoms with Gasteiger partial charge in [0.2, 0.25) is 11.8 Å². The number of rotatable bonds is 8. The van der Waals surface area contributed by atoms with Crippen LogP contribution in [0.2, 0.25) is 0 Å². The minimum Gasteiger partial charge on any atom is -0.473 e. The lowest BCUT2D eigenvalue weighted by Gasteiger charge is -2.55. The van der Waals surface area contributed by atoms with Gasteiger partial charge in [0.25, 0.3) is 0 Å². The molecule has 4 aromatic rings. The number of likely N-dealkylation sites (tertiary alicyclic amines) is 1. The molecule has 2 aliphatic rings. The highest BCUT2D eigenvalue weighted by Gasteiger charge is 2.46. The Kier molecular flexibility index (Phi) is 8.47. The Labute approximate surface area is 260 Å². The summed E-state index contributed by atoms with van der Waals surface area (Å²) in [6, 6.07) is 32.7. The summed E-state index contributed by atoms with van der Waals surface area (Å²) in [6.45, 7) is 10.1. The molecule has 7 heteroatoms. The van der Waals surface area contributed by atoms with Gasteiger partial charge >= 0.3 is 6.09 Å². The first-order valence-corrected chi connectivity index (χ1v) is 15.4. The van der Waals surface area contributed by atoms with E-state index in [1.54, 1.807) is 0 Å². The van der Waals surface area contributed by atoms with Crippen LogP contribution in [0, 0.1) is 5.41 Å². The Morgan fingerprint density at radius 1 is 0.795 bits per heavy atom. The molecule has 0 atom stereocenters. The van der Waals surface area contributed by atoms with Gasteiger partial charge in [0, 0.05) is 48.9 Å². The molecule has 1 spiro atoms. The molecular weight excluding hydrogens is 550 g/mol. The SMILES string of the molecule is CC(C)(C)OC(=O)N1CCC2(CC1)CN(c1cccc(-c3ccc(OCc4ccccc4)nc3OCc3ccccc3)c1)C2. The van der Waals surface area contributed by atoms with Gasteiger partial charge in [-0.15, -0.1) is 0 Å². The summed E-state index contributed by atoms with van der Waals surface area (Å²) in [5.74, 6) is 1.07. The molecule has 6 rings (SSSR count). The maximum absolute atomic E-state index is 12.5. The Morgan fingerprint density at radius 3 is 2.07 bits per heavy atom. The zero-order valence-electron chi connectivity index (χ0n) is 25.9. The van der Waals surface area contributed by atoms with Crippen molar-refractivity contribution in [2.75, 3.05) is 31.1 Å². The predicted molar refractivity (Wildman–Crippen MR) is 173 cm³/mol. The van der Waals surface area contributed by atoms with Crippen LogP contribution in [0.15, 0.2) is 97.1 Å². The molecule has 0 bridgehead atoms. The number of pyridine rings is 1. The highest BCUT2D eigenvalue weighted by Crippen LogP contribution is 2.44. The van der Waals surface area contributed by atoms with Crippen molar-refractivity contribution >= 4 is 11.8 Å². The molecule has 2 aliphatic heterocycles. The fourth-order valence-corrected chi connectivity index (χ4v) is 5.91. The number of anilines is 1. The second-order valence-corrected chi connectivity index (χ2v) is 12.9. The molecule has 0 saturated carbocycles. The number of piperidine rings is 1. The van der Waals surface area contributed by atoms with Gasteiger partial charge in [0.1, 0.15) is 18.8 Å². The first kappa shape index (κ1) is 29.5. The lowest BCUT2D eigenvalue weighted by atomic mass is 9.72. The maximum Gasteiger partial charge on any atom is 0.410 e. The van der Waals surface area contributed by atoms with Crippen LogP contribution >= 0.6 is 0 Å². The van der Waals surface area contributed by atoms with Crippen LogP contribution in [-0.2, 0) is 18.0 Å². The van der Waals surface area contributed by atoms with Crippen molar-refractivity contribution in [1.29, 1.82) is 0 Å². The van der Waals surface area contributed by atoms with Crippen LogP contribution in [0.4, 0.5) is 10.5 Å². The highest BCUT2D eigenvalue weighted by molar-refractivity contribution is 5.73. The van der Waals surface area contributed by atoms with E-state index < -0.39 is 5.60 Å². The van der Waals surface area contributed by atoms with Gasteiger partial charge in [-0.05, 0) is 68.5 Å². The van der Waals surface area contributed by atoms with E-state index in [1.807, 2.05) is 98.5 Å². The van der Waals surface area contributed by atoms with E-state index in [0.717, 1.165) is 61.3 Å². The third kappa shape index (κ3) is 7.16. The van der Waals surface area contributed by atoms with E-state index in [1.165, 1.54) is 5.69 Å². The standard InChI is InChI=1S/C37H41N3O4/c1-36(2,3)44-35(41)39-21-19-37(20-22-39)26-40(27-37)31-16-10-15-30(23-31)32-17-18-33(42-24-28-11-6-4-7-12-28)38-34(32)43-25-29-13-8-5-9-14-29/h4-18,23H,19-22,24-27H2,1-3H3. The second kappa shape index (κ2) is 12.6. The average molecular weight is 592 g/mol. The number of nitrogens with zero attached hydrogens (tertiary/aromatic N) is 3. The van der Waals surface area contributed by atoms with Gasteiger partial charge < -0.3 is 24.0 Å². The topological polar surface area (TPSA) is 64.1 Å². The molecule has 0 N–H and O–H groups in total. The molecule has 228 valence electrons. The van der Waals surface area contributed by atoms with Gasteiger partial charge in [0.15, 0.2) is 0 Å². The first-order chi connectivity index (χ1) is 21.3. The number of amides is 1. The normalized spacial score (nSPS) is 15.9. The van der Waals surface area contributed by atoms with Gasteiger partial charge in [-0.2, -0.15) is 4.98 Å². The first-order valence-electron chi connectivity index (χ1n) is 15.4. The molecule has 0 aliphatic carbocycles. The summed E-state index contributed by atoms with van der Waals surface area (Å²) in [6.07, 6.45) is 1.79. The Hall–Kier alpha value is -4.52. The van der Waals surface area contributed by atoms with Crippen LogP contribution in [-0.4, -0.2) is 47.8 Å². The third-order valence-corrected chi connectivity index (χ3v) is 8.33. The Balaban J connectivity index is 1.15. The van der Waals surface area contributed by atoms with Crippen molar-refractivity contribution in [1.82, 2.24) is 9.88 Å². The van der Waals surface area contributed by atoms with E-state index in [0.29, 0.717) is 25.0 Å². The number of hydrogen-bond acceptors (Lipinski definition) is 6. The maximum atomic E-state index is 12.5. The molecule has 44 heavy (non-hydrogen) atoms. The highest BCUT2D eigenvalue weighted by atomic mass is 16.6. The summed E-state index contributed by atoms with van der Waals surface area (Å²) in [5, 5.41) is 0. The van der Waals surface area contributed by atoms with Crippen LogP contribution in [0.3, 0.4) is 0 Å². The van der Waals surface area contributed by atoms with E-state index in [4.69, 9.17) is 19.2 Å². The summed E-state index contributed by atoms with van der Waals surface area (Å²) in [5.41, 5.74) is 5.10. The number of carbonyl (C=O) groups excluding carboxylic acids is 1. The zero-order valence-corrected chi connectivity index (χ0v) is 25.9. The van der Waals surface area contributed by atoms with E-state index in [-0.39, 0.29) is 11.5 Å². The van der Waals surface area contributed by atoms with Crippen molar-refractivity contribution < 1.29 is 19.0 Å².